The van der Waals surface area contributed by atoms with Crippen molar-refractivity contribution in [1.82, 2.24) is 14.8 Å². The number of amides is 1. The molecule has 2 aromatic rings. The summed E-state index contributed by atoms with van der Waals surface area (Å²) in [7, 11) is 0. The maximum absolute atomic E-state index is 13.1. The van der Waals surface area contributed by atoms with E-state index in [1.807, 2.05) is 25.1 Å². The van der Waals surface area contributed by atoms with Crippen LogP contribution >= 0.6 is 0 Å². The number of ether oxygens (including phenoxy) is 1. The second kappa shape index (κ2) is 9.12. The summed E-state index contributed by atoms with van der Waals surface area (Å²) < 4.78 is 5.75. The molecule has 32 heavy (non-hydrogen) atoms. The first kappa shape index (κ1) is 22.0. The first-order valence-corrected chi connectivity index (χ1v) is 11.1. The van der Waals surface area contributed by atoms with Gasteiger partial charge >= 0.3 is 0 Å². The lowest BCUT2D eigenvalue weighted by molar-refractivity contribution is -0.140. The Labute approximate surface area is 188 Å². The molecule has 7 heteroatoms. The minimum atomic E-state index is -0.678. The predicted octanol–water partition coefficient (Wildman–Crippen LogP) is 3.17. The van der Waals surface area contributed by atoms with Crippen LogP contribution in [-0.4, -0.2) is 63.9 Å². The zero-order chi connectivity index (χ0) is 22.8. The number of pyridine rings is 1. The van der Waals surface area contributed by atoms with Crippen molar-refractivity contribution in [2.24, 2.45) is 0 Å². The molecule has 2 unspecified atom stereocenters. The van der Waals surface area contributed by atoms with E-state index >= 15 is 0 Å². The van der Waals surface area contributed by atoms with Crippen LogP contribution in [0, 0.1) is 0 Å². The van der Waals surface area contributed by atoms with Gasteiger partial charge in [0.05, 0.1) is 11.6 Å². The highest BCUT2D eigenvalue weighted by atomic mass is 16.5. The molecular weight excluding hydrogens is 406 g/mol. The van der Waals surface area contributed by atoms with Crippen molar-refractivity contribution < 1.29 is 19.4 Å². The Morgan fingerprint density at radius 3 is 2.72 bits per heavy atom. The lowest BCUT2D eigenvalue weighted by Crippen LogP contribution is -2.38. The van der Waals surface area contributed by atoms with E-state index in [9.17, 15) is 14.7 Å². The first-order valence-electron chi connectivity index (χ1n) is 11.1. The van der Waals surface area contributed by atoms with Crippen LogP contribution in [0.25, 0.3) is 5.76 Å². The van der Waals surface area contributed by atoms with Gasteiger partial charge in [0, 0.05) is 37.5 Å². The molecule has 2 aliphatic rings. The number of fused-ring (bicyclic) bond motifs is 1. The molecule has 7 nitrogen and oxygen atoms in total. The Balaban J connectivity index is 1.76. The van der Waals surface area contributed by atoms with E-state index in [1.54, 1.807) is 29.4 Å². The third-order valence-corrected chi connectivity index (χ3v) is 6.26. The largest absolute Gasteiger partial charge is 0.507 e. The molecule has 1 saturated heterocycles. The van der Waals surface area contributed by atoms with Gasteiger partial charge in [-0.05, 0) is 55.4 Å². The van der Waals surface area contributed by atoms with Gasteiger partial charge in [0.15, 0.2) is 0 Å². The van der Waals surface area contributed by atoms with Crippen molar-refractivity contribution in [3.63, 3.8) is 0 Å². The van der Waals surface area contributed by atoms with Gasteiger partial charge in [0.1, 0.15) is 17.6 Å². The highest BCUT2D eigenvalue weighted by Crippen LogP contribution is 2.40. The van der Waals surface area contributed by atoms with Crippen LogP contribution in [0.3, 0.4) is 0 Å². The molecule has 1 N–H and O–H groups in total. The van der Waals surface area contributed by atoms with E-state index in [0.29, 0.717) is 24.2 Å². The lowest BCUT2D eigenvalue weighted by Gasteiger charge is -2.28. The van der Waals surface area contributed by atoms with Gasteiger partial charge in [-0.25, -0.2) is 0 Å². The quantitative estimate of drug-likeness (QED) is 0.409. The molecule has 3 heterocycles. The molecule has 0 aliphatic carbocycles. The van der Waals surface area contributed by atoms with Crippen molar-refractivity contribution >= 4 is 17.4 Å². The van der Waals surface area contributed by atoms with Crippen LogP contribution in [-0.2, 0) is 16.0 Å². The molecular formula is C25H29N3O4. The van der Waals surface area contributed by atoms with Crippen LogP contribution in [0.1, 0.15) is 43.5 Å². The molecule has 0 saturated carbocycles. The number of aliphatic hydroxyl groups excluding tert-OH is 1. The number of aromatic nitrogens is 1. The number of hydrogen-bond acceptors (Lipinski definition) is 6. The molecule has 1 aromatic heterocycles. The molecule has 1 fully saturated rings. The normalized spacial score (nSPS) is 21.8. The minimum absolute atomic E-state index is 0.0726. The van der Waals surface area contributed by atoms with Crippen molar-refractivity contribution in [2.75, 3.05) is 26.2 Å². The first-order chi connectivity index (χ1) is 15.4. The van der Waals surface area contributed by atoms with Crippen molar-refractivity contribution in [3.05, 3.63) is 65.0 Å². The summed E-state index contributed by atoms with van der Waals surface area (Å²) in [5.74, 6) is -0.630. The van der Waals surface area contributed by atoms with E-state index in [0.717, 1.165) is 30.8 Å². The highest BCUT2D eigenvalue weighted by Gasteiger charge is 2.46. The summed E-state index contributed by atoms with van der Waals surface area (Å²) in [6.07, 6.45) is 4.10. The predicted molar refractivity (Wildman–Crippen MR) is 121 cm³/mol. The third-order valence-electron chi connectivity index (χ3n) is 6.26. The van der Waals surface area contributed by atoms with Crippen molar-refractivity contribution in [1.29, 1.82) is 0 Å². The zero-order valence-electron chi connectivity index (χ0n) is 18.7. The van der Waals surface area contributed by atoms with Gasteiger partial charge < -0.3 is 19.6 Å². The second-order valence-corrected chi connectivity index (χ2v) is 8.26. The van der Waals surface area contributed by atoms with Gasteiger partial charge in [0.2, 0.25) is 0 Å². The van der Waals surface area contributed by atoms with Gasteiger partial charge in [-0.2, -0.15) is 0 Å². The molecule has 2 atom stereocenters. The van der Waals surface area contributed by atoms with Crippen molar-refractivity contribution in [2.45, 2.75) is 39.3 Å². The molecule has 1 aromatic carbocycles. The minimum Gasteiger partial charge on any atom is -0.507 e. The maximum Gasteiger partial charge on any atom is 0.295 e. The Kier molecular flexibility index (Phi) is 6.28. The Morgan fingerprint density at radius 1 is 1.25 bits per heavy atom. The number of ketones is 1. The zero-order valence-corrected chi connectivity index (χ0v) is 18.7. The van der Waals surface area contributed by atoms with Crippen LogP contribution in [0.2, 0.25) is 0 Å². The highest BCUT2D eigenvalue weighted by molar-refractivity contribution is 6.46. The van der Waals surface area contributed by atoms with Crippen molar-refractivity contribution in [3.8, 4) is 5.75 Å². The molecule has 0 radical (unpaired) electrons. The van der Waals surface area contributed by atoms with E-state index in [2.05, 4.69) is 23.7 Å². The summed E-state index contributed by atoms with van der Waals surface area (Å²) in [4.78, 5) is 34.1. The van der Waals surface area contributed by atoms with Crippen LogP contribution in [0.15, 0.2) is 48.3 Å². The van der Waals surface area contributed by atoms with Gasteiger partial charge in [-0.3, -0.25) is 14.6 Å². The number of hydrogen-bond donors (Lipinski definition) is 1. The number of likely N-dealkylation sites (tertiary alicyclic amines) is 1. The molecule has 168 valence electrons. The molecule has 0 bridgehead atoms. The summed E-state index contributed by atoms with van der Waals surface area (Å²) >= 11 is 0. The third kappa shape index (κ3) is 4.00. The number of likely N-dealkylation sites (N-methyl/N-ethyl adjacent to an activating group) is 1. The van der Waals surface area contributed by atoms with E-state index < -0.39 is 17.7 Å². The van der Waals surface area contributed by atoms with E-state index in [4.69, 9.17) is 4.74 Å². The summed E-state index contributed by atoms with van der Waals surface area (Å²) in [5, 5.41) is 11.2. The fraction of sp³-hybridized carbons (Fsp3) is 0.400. The monoisotopic (exact) mass is 435 g/mol. The standard InChI is InChI=1S/C25H29N3O4/c1-4-27(5-2)11-12-28-22(18-7-6-10-26-15-18)21(24(30)25(28)31)23(29)17-8-9-20-19(14-17)13-16(3)32-20/h6-10,14-16,22,29H,4-5,11-13H2,1-3H3/b23-21-. The van der Waals surface area contributed by atoms with Crippen LogP contribution < -0.4 is 4.74 Å². The van der Waals surface area contributed by atoms with Gasteiger partial charge in [-0.15, -0.1) is 0 Å². The number of aliphatic hydroxyl groups is 1. The number of carbonyl (C=O) groups is 2. The number of rotatable bonds is 7. The average molecular weight is 436 g/mol. The summed E-state index contributed by atoms with van der Waals surface area (Å²) in [5.41, 5.74) is 2.30. The molecule has 0 spiro atoms. The van der Waals surface area contributed by atoms with Gasteiger partial charge in [-0.1, -0.05) is 19.9 Å². The van der Waals surface area contributed by atoms with Crippen LogP contribution in [0.4, 0.5) is 0 Å². The Morgan fingerprint density at radius 2 is 2.03 bits per heavy atom. The SMILES string of the molecule is CCN(CC)CCN1C(=O)C(=O)/C(=C(\O)c2ccc3c(c2)CC(C)O3)C1c1cccnc1. The fourth-order valence-electron chi connectivity index (χ4n) is 4.51. The maximum atomic E-state index is 13.1. The Hall–Kier alpha value is -3.19. The summed E-state index contributed by atoms with van der Waals surface area (Å²) in [6.45, 7) is 8.86. The number of carbonyl (C=O) groups excluding carboxylic acids is 2. The summed E-state index contributed by atoms with van der Waals surface area (Å²) in [6, 6.07) is 8.31. The second-order valence-electron chi connectivity index (χ2n) is 8.26. The van der Waals surface area contributed by atoms with E-state index in [1.165, 1.54) is 0 Å². The smallest absolute Gasteiger partial charge is 0.295 e. The number of benzene rings is 1. The van der Waals surface area contributed by atoms with E-state index in [-0.39, 0.29) is 17.4 Å². The fourth-order valence-corrected chi connectivity index (χ4v) is 4.51. The Bertz CT molecular complexity index is 1050. The molecule has 4 rings (SSSR count). The number of nitrogens with zero attached hydrogens (tertiary/aromatic N) is 3. The average Bonchev–Trinajstić information content (AvgIpc) is 3.30. The number of Topliss-reactive ketones (excluding diaryl/α,β-unsaturated/α-hetero) is 1. The van der Waals surface area contributed by atoms with Crippen LogP contribution in [0.5, 0.6) is 5.75 Å². The lowest BCUT2D eigenvalue weighted by atomic mass is 9.95. The topological polar surface area (TPSA) is 83.0 Å². The molecule has 2 aliphatic heterocycles. The van der Waals surface area contributed by atoms with Gasteiger partial charge in [0.25, 0.3) is 11.7 Å². The molecule has 1 amide bonds.